The van der Waals surface area contributed by atoms with Gasteiger partial charge in [0.1, 0.15) is 0 Å². The lowest BCUT2D eigenvalue weighted by atomic mass is 9.91. The van der Waals surface area contributed by atoms with Crippen LogP contribution in [0.3, 0.4) is 0 Å². The first-order chi connectivity index (χ1) is 53.5. The van der Waals surface area contributed by atoms with Gasteiger partial charge in [-0.1, -0.05) is 267 Å². The fourth-order valence-corrected chi connectivity index (χ4v) is 25.1. The predicted octanol–water partition coefficient (Wildman–Crippen LogP) is 32.2. The summed E-state index contributed by atoms with van der Waals surface area (Å²) in [6.07, 6.45) is 1.90. The summed E-state index contributed by atoms with van der Waals surface area (Å²) in [5.74, 6) is 0. The lowest BCUT2D eigenvalue weighted by molar-refractivity contribution is 1.44. The van der Waals surface area contributed by atoms with E-state index in [1.165, 1.54) is 225 Å². The van der Waals surface area contributed by atoms with Crippen LogP contribution in [0.4, 0.5) is 0 Å². The molecular weight excluding hydrogens is 1420 g/mol. The van der Waals surface area contributed by atoms with E-state index in [4.69, 9.17) is 4.98 Å². The first-order valence-corrected chi connectivity index (χ1v) is 41.4. The molecule has 0 aliphatic carbocycles. The molecule has 0 amide bonds. The highest BCUT2D eigenvalue weighted by atomic mass is 32.2. The Labute approximate surface area is 643 Å². The maximum absolute atomic E-state index is 4.72. The van der Waals surface area contributed by atoms with E-state index in [1.54, 1.807) is 0 Å². The van der Waals surface area contributed by atoms with Gasteiger partial charge in [0.05, 0.1) is 33.0 Å². The quantitative estimate of drug-likeness (QED) is 0.160. The molecule has 25 rings (SSSR count). The number of hydrogen-bond acceptors (Lipinski definition) is 7. The molecule has 0 fully saturated rings. The topological polar surface area (TPSA) is 12.9 Å². The van der Waals surface area contributed by atoms with Crippen molar-refractivity contribution in [2.75, 3.05) is 0 Å². The second-order valence-corrected chi connectivity index (χ2v) is 34.8. The lowest BCUT2D eigenvalue weighted by Gasteiger charge is -2.12. The van der Waals surface area contributed by atoms with Gasteiger partial charge in [0.15, 0.2) is 0 Å². The third kappa shape index (κ3) is 9.87. The zero-order chi connectivity index (χ0) is 70.7. The fraction of sp³-hybridized carbons (Fsp3) is 0. The van der Waals surface area contributed by atoms with Crippen LogP contribution >= 0.6 is 68.0 Å². The Morgan fingerprint density at radius 2 is 0.417 bits per heavy atom. The van der Waals surface area contributed by atoms with Crippen molar-refractivity contribution in [3.05, 3.63) is 346 Å². The monoisotopic (exact) mass is 1480 g/mol. The second kappa shape index (κ2) is 24.8. The molecule has 7 heterocycles. The molecule has 108 heavy (non-hydrogen) atoms. The largest absolute Gasteiger partial charge is 0.255 e. The molecule has 0 N–H and O–H groups in total. The molecule has 0 radical (unpaired) electrons. The van der Waals surface area contributed by atoms with Crippen LogP contribution < -0.4 is 0 Å². The first-order valence-electron chi connectivity index (χ1n) is 36.5. The molecule has 0 saturated carbocycles. The van der Waals surface area contributed by atoms with Crippen LogP contribution in [0.2, 0.25) is 0 Å². The fourth-order valence-electron chi connectivity index (χ4n) is 17.2. The molecule has 502 valence electrons. The van der Waals surface area contributed by atoms with Crippen LogP contribution in [0.25, 0.3) is 230 Å². The Morgan fingerprint density at radius 1 is 0.157 bits per heavy atom. The Bertz CT molecular complexity index is 7990. The number of aromatic nitrogens is 1. The van der Waals surface area contributed by atoms with E-state index in [9.17, 15) is 0 Å². The van der Waals surface area contributed by atoms with E-state index in [2.05, 4.69) is 334 Å². The molecule has 7 aromatic heterocycles. The van der Waals surface area contributed by atoms with Crippen molar-refractivity contribution in [2.45, 2.75) is 0 Å². The number of pyridine rings is 1. The summed E-state index contributed by atoms with van der Waals surface area (Å²) in [4.78, 5) is 4.72. The average Bonchev–Trinajstić information content (AvgIpc) is 0.983. The number of hydrogen-bond donors (Lipinski definition) is 0. The van der Waals surface area contributed by atoms with E-state index in [1.807, 2.05) is 80.3 Å². The van der Waals surface area contributed by atoms with Crippen LogP contribution in [0, 0.1) is 0 Å². The van der Waals surface area contributed by atoms with E-state index < -0.39 is 0 Å². The number of rotatable bonds is 4. The van der Waals surface area contributed by atoms with Crippen LogP contribution in [0.5, 0.6) is 0 Å². The first kappa shape index (κ1) is 62.2. The molecule has 7 heteroatoms. The highest BCUT2D eigenvalue weighted by Crippen LogP contribution is 2.50. The van der Waals surface area contributed by atoms with Crippen LogP contribution in [-0.2, 0) is 0 Å². The van der Waals surface area contributed by atoms with Gasteiger partial charge in [0.2, 0.25) is 0 Å². The standard InChI is InChI=1S/C38H22S2.C32H18S2.C31H17NS2/c1-2-12-29-27(10-1)28-11-3-4-13-30(28)34-21-25(16-18-31(29)34)23-8-7-9-24(20-23)26-17-19-33-36(22-26)40-37-32-14-5-6-15-35(32)39-38(33)37;1-2-9-23-21(7-1)22-8-3-4-10-24(22)28-17-19(13-15-25(23)28)20-14-16-27-30(18-20)34-31-26-11-5-6-12-29(26)33-32(27)31;1-2-8-22-20(6-1)21-7-3-4-9-23(21)25-16-18(11-13-24(22)25)19-12-14-27-26(17-19)29-30-28(10-5-15-32-30)34-31(29)33-27/h1-22H;1-18H;1-17H. The summed E-state index contributed by atoms with van der Waals surface area (Å²) in [5, 5.41) is 31.8. The molecule has 0 spiro atoms. The van der Waals surface area contributed by atoms with Crippen molar-refractivity contribution in [3.63, 3.8) is 0 Å². The van der Waals surface area contributed by atoms with E-state index in [-0.39, 0.29) is 0 Å². The van der Waals surface area contributed by atoms with Crippen molar-refractivity contribution in [2.24, 2.45) is 0 Å². The maximum Gasteiger partial charge on any atom is 0.0906 e. The zero-order valence-electron chi connectivity index (χ0n) is 57.8. The number of benzene rings is 18. The highest BCUT2D eigenvalue weighted by molar-refractivity contribution is 7.44. The molecule has 0 bridgehead atoms. The van der Waals surface area contributed by atoms with Gasteiger partial charge >= 0.3 is 0 Å². The van der Waals surface area contributed by atoms with Crippen molar-refractivity contribution in [1.82, 2.24) is 4.98 Å². The van der Waals surface area contributed by atoms with Crippen molar-refractivity contribution in [1.29, 1.82) is 0 Å². The minimum absolute atomic E-state index is 1.13. The zero-order valence-corrected chi connectivity index (χ0v) is 62.7. The van der Waals surface area contributed by atoms with Crippen molar-refractivity contribution in [3.8, 4) is 44.5 Å². The third-order valence-corrected chi connectivity index (χ3v) is 29.7. The van der Waals surface area contributed by atoms with E-state index >= 15 is 0 Å². The maximum atomic E-state index is 4.72. The van der Waals surface area contributed by atoms with Gasteiger partial charge in [-0.05, 0) is 214 Å². The molecular formula is C101H57NS6. The Morgan fingerprint density at radius 3 is 0.806 bits per heavy atom. The third-order valence-electron chi connectivity index (χ3n) is 22.3. The van der Waals surface area contributed by atoms with E-state index in [0.29, 0.717) is 0 Å². The number of nitrogens with zero attached hydrogens (tertiary/aromatic N) is 1. The SMILES string of the molecule is c1cc(-c2ccc3c(c2)sc2c4ccccc4sc32)cc(-c2ccc3c4ccccc4c4ccccc4c3c2)c1.c1ccc2c(c1)sc1c3ccc(-c4ccc5c6ccccc6c6ccccc6c5c4)cc3sc21.c1cnc2c(c1)sc1sc3ccc(-c4ccc5c6ccccc6c6ccccc6c5c4)cc3c12. The Balaban J connectivity index is 0.0000000983. The molecule has 0 aliphatic rings. The van der Waals surface area contributed by atoms with Crippen LogP contribution in [0.1, 0.15) is 0 Å². The summed E-state index contributed by atoms with van der Waals surface area (Å²) >= 11 is 11.4. The molecule has 0 aliphatic heterocycles. The molecule has 0 atom stereocenters. The molecule has 25 aromatic rings. The van der Waals surface area contributed by atoms with Crippen molar-refractivity contribution < 1.29 is 0 Å². The van der Waals surface area contributed by atoms with Gasteiger partial charge < -0.3 is 0 Å². The molecule has 18 aromatic carbocycles. The summed E-state index contributed by atoms with van der Waals surface area (Å²) < 4.78 is 15.1. The normalized spacial score (nSPS) is 12.1. The summed E-state index contributed by atoms with van der Waals surface area (Å²) in [6, 6.07) is 125. The van der Waals surface area contributed by atoms with Gasteiger partial charge in [-0.3, -0.25) is 4.98 Å². The van der Waals surface area contributed by atoms with Crippen LogP contribution in [-0.4, -0.2) is 4.98 Å². The summed E-state index contributed by atoms with van der Waals surface area (Å²) in [7, 11) is 0. The Hall–Kier alpha value is -12.0. The van der Waals surface area contributed by atoms with Gasteiger partial charge in [0, 0.05) is 62.0 Å². The molecule has 1 nitrogen and oxygen atoms in total. The number of fused-ring (bicyclic) bond motifs is 33. The lowest BCUT2D eigenvalue weighted by Crippen LogP contribution is -1.85. The van der Waals surface area contributed by atoms with Gasteiger partial charge in [-0.2, -0.15) is 0 Å². The van der Waals surface area contributed by atoms with E-state index in [0.717, 1.165) is 5.52 Å². The Kier molecular flexibility index (Phi) is 14.3. The van der Waals surface area contributed by atoms with Crippen LogP contribution in [0.15, 0.2) is 346 Å². The van der Waals surface area contributed by atoms with Gasteiger partial charge in [0.25, 0.3) is 0 Å². The van der Waals surface area contributed by atoms with Crippen molar-refractivity contribution >= 4 is 254 Å². The minimum Gasteiger partial charge on any atom is -0.255 e. The van der Waals surface area contributed by atoms with Gasteiger partial charge in [-0.25, -0.2) is 0 Å². The minimum atomic E-state index is 1.13. The highest BCUT2D eigenvalue weighted by Gasteiger charge is 2.20. The van der Waals surface area contributed by atoms with Gasteiger partial charge in [-0.15, -0.1) is 68.0 Å². The second-order valence-electron chi connectivity index (χ2n) is 28.2. The summed E-state index contributed by atoms with van der Waals surface area (Å²) in [6.45, 7) is 0. The number of thiophene rings is 6. The predicted molar refractivity (Wildman–Crippen MR) is 481 cm³/mol. The average molecular weight is 1480 g/mol. The smallest absolute Gasteiger partial charge is 0.0906 e. The molecule has 0 unspecified atom stereocenters. The summed E-state index contributed by atoms with van der Waals surface area (Å²) in [5.41, 5.74) is 11.2. The molecule has 0 saturated heterocycles.